The summed E-state index contributed by atoms with van der Waals surface area (Å²) in [7, 11) is 0. The van der Waals surface area contributed by atoms with Crippen molar-refractivity contribution in [3.63, 3.8) is 0 Å². The molecule has 2 fully saturated rings. The van der Waals surface area contributed by atoms with E-state index in [1.54, 1.807) is 21.9 Å². The summed E-state index contributed by atoms with van der Waals surface area (Å²) in [6, 6.07) is 8.50. The van der Waals surface area contributed by atoms with Crippen molar-refractivity contribution in [1.29, 1.82) is 0 Å². The summed E-state index contributed by atoms with van der Waals surface area (Å²) < 4.78 is 18.4. The first-order chi connectivity index (χ1) is 14.4. The Balaban J connectivity index is 1.48. The van der Waals surface area contributed by atoms with Crippen molar-refractivity contribution in [2.24, 2.45) is 0 Å². The quantitative estimate of drug-likeness (QED) is 0.453. The van der Waals surface area contributed by atoms with Crippen LogP contribution in [0.4, 0.5) is 10.1 Å². The van der Waals surface area contributed by atoms with Crippen molar-refractivity contribution in [1.82, 2.24) is 15.1 Å². The van der Waals surface area contributed by atoms with E-state index in [9.17, 15) is 18.8 Å². The van der Waals surface area contributed by atoms with Crippen LogP contribution in [0.25, 0.3) is 0 Å². The summed E-state index contributed by atoms with van der Waals surface area (Å²) >= 11 is 5.12. The molecule has 8 nitrogen and oxygen atoms in total. The lowest BCUT2D eigenvalue weighted by Crippen LogP contribution is -2.55. The van der Waals surface area contributed by atoms with Crippen LogP contribution in [0.2, 0.25) is 0 Å². The molecule has 0 bridgehead atoms. The highest BCUT2D eigenvalue weighted by Crippen LogP contribution is 2.21. The summed E-state index contributed by atoms with van der Waals surface area (Å²) in [5.74, 6) is -1.57. The van der Waals surface area contributed by atoms with Crippen LogP contribution < -0.4 is 10.2 Å². The number of carbonyl (C=O) groups is 3. The van der Waals surface area contributed by atoms with Gasteiger partial charge in [-0.25, -0.2) is 4.39 Å². The summed E-state index contributed by atoms with van der Waals surface area (Å²) in [5.41, 5.74) is 0.268. The Hall–Kier alpha value is -3.53. The summed E-state index contributed by atoms with van der Waals surface area (Å²) in [5, 5.41) is 2.42. The van der Waals surface area contributed by atoms with Crippen molar-refractivity contribution in [3.8, 4) is 0 Å². The second-order valence-corrected chi connectivity index (χ2v) is 7.11. The van der Waals surface area contributed by atoms with Gasteiger partial charge in [0.1, 0.15) is 11.4 Å². The van der Waals surface area contributed by atoms with Gasteiger partial charge in [0.15, 0.2) is 10.9 Å². The smallest absolute Gasteiger partial charge is 0.289 e. The van der Waals surface area contributed by atoms with Gasteiger partial charge in [-0.1, -0.05) is 0 Å². The Morgan fingerprint density at radius 2 is 1.80 bits per heavy atom. The normalized spacial score (nSPS) is 18.8. The molecule has 0 unspecified atom stereocenters. The zero-order valence-corrected chi connectivity index (χ0v) is 16.5. The minimum Gasteiger partial charge on any atom is -0.459 e. The number of piperazine rings is 1. The van der Waals surface area contributed by atoms with Gasteiger partial charge >= 0.3 is 0 Å². The second-order valence-electron chi connectivity index (χ2n) is 6.72. The minimum absolute atomic E-state index is 0.0670. The third-order valence-corrected chi connectivity index (χ3v) is 5.12. The zero-order chi connectivity index (χ0) is 21.3. The SMILES string of the molecule is O=C1NC(=S)N(c2ccc(F)cc2)C(=O)C1=CN1CCN(C(=O)c2ccco2)CC1. The molecule has 0 saturated carbocycles. The fourth-order valence-electron chi connectivity index (χ4n) is 3.26. The Morgan fingerprint density at radius 1 is 1.10 bits per heavy atom. The molecule has 0 spiro atoms. The van der Waals surface area contributed by atoms with Gasteiger partial charge in [0.2, 0.25) is 0 Å². The number of halogens is 1. The fourth-order valence-corrected chi connectivity index (χ4v) is 3.54. The standard InChI is InChI=1S/C20H17FN4O4S/c21-13-3-5-14(6-4-13)25-18(27)15(17(26)22-20(25)30)12-23-7-9-24(10-8-23)19(28)16-2-1-11-29-16/h1-6,11-12H,7-10H2,(H,22,26,30). The minimum atomic E-state index is -0.600. The largest absolute Gasteiger partial charge is 0.459 e. The second kappa shape index (κ2) is 8.07. The lowest BCUT2D eigenvalue weighted by atomic mass is 10.1. The van der Waals surface area contributed by atoms with E-state index >= 15 is 0 Å². The number of hydrogen-bond acceptors (Lipinski definition) is 6. The number of nitrogens with zero attached hydrogens (tertiary/aromatic N) is 3. The van der Waals surface area contributed by atoms with Gasteiger partial charge in [0.25, 0.3) is 17.7 Å². The lowest BCUT2D eigenvalue weighted by Gasteiger charge is -2.35. The molecule has 4 rings (SSSR count). The van der Waals surface area contributed by atoms with E-state index in [0.717, 1.165) is 4.90 Å². The van der Waals surface area contributed by atoms with Gasteiger partial charge in [-0.05, 0) is 48.6 Å². The van der Waals surface area contributed by atoms with Crippen molar-refractivity contribution in [3.05, 3.63) is 66.0 Å². The summed E-state index contributed by atoms with van der Waals surface area (Å²) in [6.07, 6.45) is 2.92. The summed E-state index contributed by atoms with van der Waals surface area (Å²) in [6.45, 7) is 1.72. The number of rotatable bonds is 3. The number of thiocarbonyl (C=S) groups is 1. The van der Waals surface area contributed by atoms with Gasteiger partial charge in [0, 0.05) is 32.4 Å². The molecule has 0 radical (unpaired) electrons. The molecule has 2 aliphatic rings. The molecular weight excluding hydrogens is 411 g/mol. The third-order valence-electron chi connectivity index (χ3n) is 4.83. The number of nitrogens with one attached hydrogen (secondary N) is 1. The topological polar surface area (TPSA) is 86.1 Å². The Bertz CT molecular complexity index is 1030. The molecule has 1 aromatic heterocycles. The Morgan fingerprint density at radius 3 is 2.43 bits per heavy atom. The van der Waals surface area contributed by atoms with E-state index in [0.29, 0.717) is 31.9 Å². The Kier molecular flexibility index (Phi) is 5.32. The van der Waals surface area contributed by atoms with Crippen molar-refractivity contribution >= 4 is 40.7 Å². The van der Waals surface area contributed by atoms with Crippen LogP contribution in [0.3, 0.4) is 0 Å². The molecule has 2 aliphatic heterocycles. The van der Waals surface area contributed by atoms with Crippen molar-refractivity contribution < 1.29 is 23.2 Å². The predicted molar refractivity (Wildman–Crippen MR) is 109 cm³/mol. The first kappa shape index (κ1) is 19.8. The number of amides is 3. The molecule has 154 valence electrons. The molecule has 2 aromatic rings. The molecule has 0 aliphatic carbocycles. The molecule has 0 atom stereocenters. The average molecular weight is 428 g/mol. The first-order valence-electron chi connectivity index (χ1n) is 9.18. The highest BCUT2D eigenvalue weighted by molar-refractivity contribution is 7.80. The van der Waals surface area contributed by atoms with Gasteiger partial charge in [-0.3, -0.25) is 24.6 Å². The van der Waals surface area contributed by atoms with Crippen LogP contribution in [0.1, 0.15) is 10.6 Å². The highest BCUT2D eigenvalue weighted by Gasteiger charge is 2.35. The molecule has 3 heterocycles. The van der Waals surface area contributed by atoms with Crippen LogP contribution in [-0.2, 0) is 9.59 Å². The molecule has 30 heavy (non-hydrogen) atoms. The third kappa shape index (κ3) is 3.81. The maximum absolute atomic E-state index is 13.2. The van der Waals surface area contributed by atoms with E-state index in [1.165, 1.54) is 36.7 Å². The van der Waals surface area contributed by atoms with Gasteiger partial charge in [0.05, 0.1) is 12.0 Å². The van der Waals surface area contributed by atoms with E-state index in [1.807, 2.05) is 0 Å². The highest BCUT2D eigenvalue weighted by atomic mass is 32.1. The number of carbonyl (C=O) groups excluding carboxylic acids is 3. The van der Waals surface area contributed by atoms with Crippen LogP contribution in [0.15, 0.2) is 58.9 Å². The van der Waals surface area contributed by atoms with Crippen molar-refractivity contribution in [2.45, 2.75) is 0 Å². The van der Waals surface area contributed by atoms with Crippen LogP contribution >= 0.6 is 12.2 Å². The Labute approximate surface area is 176 Å². The van der Waals surface area contributed by atoms with Crippen LogP contribution in [-0.4, -0.2) is 58.8 Å². The zero-order valence-electron chi connectivity index (χ0n) is 15.7. The number of furan rings is 1. The number of benzene rings is 1. The molecule has 10 heteroatoms. The van der Waals surface area contributed by atoms with E-state index in [-0.39, 0.29) is 22.4 Å². The number of hydrogen-bond donors (Lipinski definition) is 1. The number of anilines is 1. The molecule has 2 saturated heterocycles. The van der Waals surface area contributed by atoms with Gasteiger partial charge in [-0.2, -0.15) is 0 Å². The maximum atomic E-state index is 13.2. The molecule has 1 aromatic carbocycles. The molecule has 3 amide bonds. The fraction of sp³-hybridized carbons (Fsp3) is 0.200. The van der Waals surface area contributed by atoms with Crippen molar-refractivity contribution in [2.75, 3.05) is 31.1 Å². The molecular formula is C20H17FN4O4S. The van der Waals surface area contributed by atoms with Gasteiger partial charge < -0.3 is 14.2 Å². The average Bonchev–Trinajstić information content (AvgIpc) is 3.27. The first-order valence-corrected chi connectivity index (χ1v) is 9.59. The predicted octanol–water partition coefficient (Wildman–Crippen LogP) is 1.51. The maximum Gasteiger partial charge on any atom is 0.289 e. The van der Waals surface area contributed by atoms with Gasteiger partial charge in [-0.15, -0.1) is 0 Å². The molecule has 1 N–H and O–H groups in total. The summed E-state index contributed by atoms with van der Waals surface area (Å²) in [4.78, 5) is 42.3. The van der Waals surface area contributed by atoms with Crippen LogP contribution in [0, 0.1) is 5.82 Å². The van der Waals surface area contributed by atoms with Crippen LogP contribution in [0.5, 0.6) is 0 Å². The van der Waals surface area contributed by atoms with E-state index in [2.05, 4.69) is 5.32 Å². The monoisotopic (exact) mass is 428 g/mol. The lowest BCUT2D eigenvalue weighted by molar-refractivity contribution is -0.122. The van der Waals surface area contributed by atoms with E-state index < -0.39 is 17.6 Å². The van der Waals surface area contributed by atoms with E-state index in [4.69, 9.17) is 16.6 Å².